The third-order valence-electron chi connectivity index (χ3n) is 3.39. The highest BCUT2D eigenvalue weighted by Gasteiger charge is 2.11. The Morgan fingerprint density at radius 1 is 1.09 bits per heavy atom. The molecule has 0 aliphatic heterocycles. The number of carbonyl (C=O) groups is 3. The van der Waals surface area contributed by atoms with E-state index in [9.17, 15) is 14.4 Å². The van der Waals surface area contributed by atoms with Crippen LogP contribution in [0.1, 0.15) is 43.7 Å². The van der Waals surface area contributed by atoms with Crippen molar-refractivity contribution in [3.05, 3.63) is 58.9 Å². The van der Waals surface area contributed by atoms with Gasteiger partial charge in [-0.2, -0.15) is 0 Å². The predicted molar refractivity (Wildman–Crippen MR) is 86.4 cm³/mol. The summed E-state index contributed by atoms with van der Waals surface area (Å²) in [6, 6.07) is 8.58. The lowest BCUT2D eigenvalue weighted by Gasteiger charge is -2.10. The molecule has 120 valence electrons. The fourth-order valence-electron chi connectivity index (χ4n) is 2.03. The van der Waals surface area contributed by atoms with Crippen molar-refractivity contribution in [1.29, 1.82) is 0 Å². The second-order valence-electron chi connectivity index (χ2n) is 5.44. The van der Waals surface area contributed by atoms with Crippen molar-refractivity contribution in [3.63, 3.8) is 0 Å². The van der Waals surface area contributed by atoms with E-state index in [1.165, 1.54) is 24.1 Å². The molecule has 0 bridgehead atoms. The summed E-state index contributed by atoms with van der Waals surface area (Å²) < 4.78 is 0. The molecule has 0 unspecified atom stereocenters. The maximum Gasteiger partial charge on any atom is 0.267 e. The number of nitrogens with zero attached hydrogens (tertiary/aromatic N) is 1. The molecule has 1 aromatic carbocycles. The van der Waals surface area contributed by atoms with Crippen molar-refractivity contribution in [1.82, 2.24) is 15.2 Å². The molecule has 0 aliphatic carbocycles. The Morgan fingerprint density at radius 2 is 1.74 bits per heavy atom. The zero-order valence-electron chi connectivity index (χ0n) is 13.3. The number of rotatable bonds is 5. The van der Waals surface area contributed by atoms with Crippen LogP contribution in [0.15, 0.2) is 36.5 Å². The standard InChI is InChI=1S/C17H19N3O3/c1-11(21)14-8-15(18-10-14)16(22)19-9-12-4-6-13(7-5-12)17(23)20(2)3/h4-8,10,18H,9H2,1-3H3,(H,19,22). The molecule has 2 rings (SSSR count). The second kappa shape index (κ2) is 6.91. The fraction of sp³-hybridized carbons (Fsp3) is 0.235. The van der Waals surface area contributed by atoms with Crippen molar-refractivity contribution < 1.29 is 14.4 Å². The number of ketones is 1. The van der Waals surface area contributed by atoms with Crippen LogP contribution in [-0.4, -0.2) is 41.6 Å². The molecule has 0 saturated heterocycles. The number of nitrogens with one attached hydrogen (secondary N) is 2. The minimum absolute atomic E-state index is 0.0660. The number of benzene rings is 1. The van der Waals surface area contributed by atoms with E-state index < -0.39 is 0 Å². The summed E-state index contributed by atoms with van der Waals surface area (Å²) in [4.78, 5) is 39.3. The van der Waals surface area contributed by atoms with Crippen molar-refractivity contribution in [2.45, 2.75) is 13.5 Å². The number of carbonyl (C=O) groups excluding carboxylic acids is 3. The highest BCUT2D eigenvalue weighted by Crippen LogP contribution is 2.08. The summed E-state index contributed by atoms with van der Waals surface area (Å²) >= 11 is 0. The summed E-state index contributed by atoms with van der Waals surface area (Å²) in [5, 5.41) is 2.76. The first kappa shape index (κ1) is 16.5. The zero-order chi connectivity index (χ0) is 17.0. The molecule has 2 amide bonds. The predicted octanol–water partition coefficient (Wildman–Crippen LogP) is 1.85. The van der Waals surface area contributed by atoms with Gasteiger partial charge >= 0.3 is 0 Å². The van der Waals surface area contributed by atoms with Crippen LogP contribution in [0, 0.1) is 0 Å². The summed E-state index contributed by atoms with van der Waals surface area (Å²) in [5.41, 5.74) is 2.30. The summed E-state index contributed by atoms with van der Waals surface area (Å²) in [7, 11) is 3.39. The molecular weight excluding hydrogens is 294 g/mol. The van der Waals surface area contributed by atoms with Crippen LogP contribution in [0.3, 0.4) is 0 Å². The molecule has 0 spiro atoms. The third kappa shape index (κ3) is 4.06. The average Bonchev–Trinajstić information content (AvgIpc) is 3.02. The monoisotopic (exact) mass is 313 g/mol. The van der Waals surface area contributed by atoms with E-state index in [1.807, 2.05) is 0 Å². The van der Waals surface area contributed by atoms with Crippen LogP contribution >= 0.6 is 0 Å². The number of aromatic nitrogens is 1. The molecule has 0 saturated carbocycles. The molecule has 1 heterocycles. The van der Waals surface area contributed by atoms with E-state index in [2.05, 4.69) is 10.3 Å². The molecule has 23 heavy (non-hydrogen) atoms. The van der Waals surface area contributed by atoms with Crippen LogP contribution in [0.2, 0.25) is 0 Å². The molecular formula is C17H19N3O3. The summed E-state index contributed by atoms with van der Waals surface area (Å²) in [6.45, 7) is 1.78. The van der Waals surface area contributed by atoms with Gasteiger partial charge in [0.2, 0.25) is 0 Å². The average molecular weight is 313 g/mol. The van der Waals surface area contributed by atoms with Crippen LogP contribution in [0.25, 0.3) is 0 Å². The van der Waals surface area contributed by atoms with Gasteiger partial charge in [-0.05, 0) is 30.7 Å². The molecule has 0 atom stereocenters. The van der Waals surface area contributed by atoms with Gasteiger partial charge in [0.1, 0.15) is 5.69 Å². The fourth-order valence-corrected chi connectivity index (χ4v) is 2.03. The quantitative estimate of drug-likeness (QED) is 0.826. The van der Waals surface area contributed by atoms with Gasteiger partial charge in [0.25, 0.3) is 11.8 Å². The van der Waals surface area contributed by atoms with Gasteiger partial charge in [-0.3, -0.25) is 14.4 Å². The normalized spacial score (nSPS) is 10.2. The van der Waals surface area contributed by atoms with Gasteiger partial charge in [0.15, 0.2) is 5.78 Å². The Kier molecular flexibility index (Phi) is 4.95. The second-order valence-corrected chi connectivity index (χ2v) is 5.44. The van der Waals surface area contributed by atoms with E-state index >= 15 is 0 Å². The van der Waals surface area contributed by atoms with E-state index in [4.69, 9.17) is 0 Å². The lowest BCUT2D eigenvalue weighted by atomic mass is 10.1. The Morgan fingerprint density at radius 3 is 2.26 bits per heavy atom. The maximum absolute atomic E-state index is 12.0. The van der Waals surface area contributed by atoms with E-state index in [-0.39, 0.29) is 17.6 Å². The van der Waals surface area contributed by atoms with Gasteiger partial charge in [-0.1, -0.05) is 12.1 Å². The molecule has 2 aromatic rings. The van der Waals surface area contributed by atoms with Crippen molar-refractivity contribution >= 4 is 17.6 Å². The highest BCUT2D eigenvalue weighted by molar-refractivity contribution is 5.99. The van der Waals surface area contributed by atoms with Gasteiger partial charge in [0, 0.05) is 38.0 Å². The van der Waals surface area contributed by atoms with E-state index in [0.717, 1.165) is 5.56 Å². The molecule has 6 nitrogen and oxygen atoms in total. The lowest BCUT2D eigenvalue weighted by Crippen LogP contribution is -2.23. The van der Waals surface area contributed by atoms with Gasteiger partial charge in [0.05, 0.1) is 0 Å². The Balaban J connectivity index is 1.96. The Bertz CT molecular complexity index is 730. The molecule has 0 aliphatic rings. The number of aromatic amines is 1. The van der Waals surface area contributed by atoms with Gasteiger partial charge < -0.3 is 15.2 Å². The summed E-state index contributed by atoms with van der Waals surface area (Å²) in [6.07, 6.45) is 1.51. The van der Waals surface area contributed by atoms with E-state index in [0.29, 0.717) is 23.4 Å². The Labute approximate surface area is 134 Å². The highest BCUT2D eigenvalue weighted by atomic mass is 16.2. The SMILES string of the molecule is CC(=O)c1c[nH]c(C(=O)NCc2ccc(C(=O)N(C)C)cc2)c1. The van der Waals surface area contributed by atoms with Gasteiger partial charge in [-0.25, -0.2) is 0 Å². The summed E-state index contributed by atoms with van der Waals surface area (Å²) in [5.74, 6) is -0.448. The van der Waals surface area contributed by atoms with Crippen molar-refractivity contribution in [3.8, 4) is 0 Å². The third-order valence-corrected chi connectivity index (χ3v) is 3.39. The van der Waals surface area contributed by atoms with Crippen molar-refractivity contribution in [2.75, 3.05) is 14.1 Å². The van der Waals surface area contributed by atoms with Crippen LogP contribution in [-0.2, 0) is 6.54 Å². The van der Waals surface area contributed by atoms with Gasteiger partial charge in [-0.15, -0.1) is 0 Å². The first-order valence-electron chi connectivity index (χ1n) is 7.16. The molecule has 1 aromatic heterocycles. The number of amides is 2. The molecule has 6 heteroatoms. The van der Waals surface area contributed by atoms with E-state index in [1.54, 1.807) is 38.4 Å². The largest absolute Gasteiger partial charge is 0.356 e. The molecule has 2 N–H and O–H groups in total. The molecule has 0 fully saturated rings. The minimum atomic E-state index is -0.286. The number of hydrogen-bond acceptors (Lipinski definition) is 3. The topological polar surface area (TPSA) is 82.3 Å². The first-order valence-corrected chi connectivity index (χ1v) is 7.16. The number of Topliss-reactive ketones (excluding diaryl/α,β-unsaturated/α-hetero) is 1. The number of H-pyrrole nitrogens is 1. The maximum atomic E-state index is 12.0. The van der Waals surface area contributed by atoms with Crippen LogP contribution in [0.5, 0.6) is 0 Å². The number of hydrogen-bond donors (Lipinski definition) is 2. The first-order chi connectivity index (χ1) is 10.9. The van der Waals surface area contributed by atoms with Crippen LogP contribution in [0.4, 0.5) is 0 Å². The minimum Gasteiger partial charge on any atom is -0.356 e. The molecule has 0 radical (unpaired) electrons. The smallest absolute Gasteiger partial charge is 0.267 e. The van der Waals surface area contributed by atoms with Crippen LogP contribution < -0.4 is 5.32 Å². The Hall–Kier alpha value is -2.89. The lowest BCUT2D eigenvalue weighted by molar-refractivity contribution is 0.0826. The zero-order valence-corrected chi connectivity index (χ0v) is 13.3. The van der Waals surface area contributed by atoms with Crippen molar-refractivity contribution in [2.24, 2.45) is 0 Å².